The van der Waals surface area contributed by atoms with E-state index in [2.05, 4.69) is 5.32 Å². The summed E-state index contributed by atoms with van der Waals surface area (Å²) in [4.78, 5) is 14.2. The molecule has 2 saturated heterocycles. The summed E-state index contributed by atoms with van der Waals surface area (Å²) in [7, 11) is -3.57. The zero-order chi connectivity index (χ0) is 23.4. The van der Waals surface area contributed by atoms with Crippen molar-refractivity contribution in [3.8, 4) is 0 Å². The van der Waals surface area contributed by atoms with Gasteiger partial charge in [-0.15, -0.1) is 0 Å². The zero-order valence-corrected chi connectivity index (χ0v) is 19.0. The molecule has 33 heavy (non-hydrogen) atoms. The molecule has 10 heteroatoms. The van der Waals surface area contributed by atoms with E-state index in [0.717, 1.165) is 30.5 Å². The first-order valence-electron chi connectivity index (χ1n) is 11.1. The van der Waals surface area contributed by atoms with Gasteiger partial charge >= 0.3 is 0 Å². The number of ether oxygens (including phenoxy) is 1. The molecular weight excluding hydrogens is 452 g/mol. The third-order valence-electron chi connectivity index (χ3n) is 5.89. The third-order valence-corrected chi connectivity index (χ3v) is 7.81. The minimum atomic E-state index is -3.57. The second kappa shape index (κ2) is 10.1. The van der Waals surface area contributed by atoms with Crippen molar-refractivity contribution >= 4 is 27.3 Å². The van der Waals surface area contributed by atoms with Crippen LogP contribution in [0.15, 0.2) is 41.3 Å². The number of amides is 1. The van der Waals surface area contributed by atoms with Crippen LogP contribution in [0.1, 0.15) is 24.8 Å². The maximum Gasteiger partial charge on any atom is 0.243 e. The zero-order valence-electron chi connectivity index (χ0n) is 18.2. The predicted molar refractivity (Wildman–Crippen MR) is 121 cm³/mol. The van der Waals surface area contributed by atoms with Crippen LogP contribution >= 0.6 is 0 Å². The average molecular weight is 480 g/mol. The fourth-order valence-corrected chi connectivity index (χ4v) is 5.53. The standard InChI is InChI=1S/C23H27F2N3O4S/c24-20-15-18(16-21(25)23(20)27-9-1-2-10-27)26-22(29)8-5-17-3-6-19(7-4-17)33(30,31)28-11-13-32-14-12-28/h3-4,6-7,15-16H,1-2,5,8-14H2,(H,26,29). The van der Waals surface area contributed by atoms with Gasteiger partial charge in [0.1, 0.15) is 5.69 Å². The molecule has 0 atom stereocenters. The van der Waals surface area contributed by atoms with Gasteiger partial charge in [-0.3, -0.25) is 4.79 Å². The Hall–Kier alpha value is -2.56. The van der Waals surface area contributed by atoms with E-state index >= 15 is 0 Å². The molecule has 0 spiro atoms. The number of nitrogens with one attached hydrogen (secondary N) is 1. The number of hydrogen-bond donors (Lipinski definition) is 1. The molecule has 7 nitrogen and oxygen atoms in total. The van der Waals surface area contributed by atoms with E-state index in [-0.39, 0.29) is 28.6 Å². The number of carbonyl (C=O) groups is 1. The van der Waals surface area contributed by atoms with Crippen molar-refractivity contribution in [2.45, 2.75) is 30.6 Å². The molecule has 0 aromatic heterocycles. The summed E-state index contributed by atoms with van der Waals surface area (Å²) in [5.41, 5.74) is 0.815. The van der Waals surface area contributed by atoms with Crippen molar-refractivity contribution in [2.24, 2.45) is 0 Å². The fourth-order valence-electron chi connectivity index (χ4n) is 4.13. The lowest BCUT2D eigenvalue weighted by molar-refractivity contribution is -0.116. The second-order valence-corrected chi connectivity index (χ2v) is 10.1. The first-order valence-corrected chi connectivity index (χ1v) is 12.5. The number of rotatable bonds is 7. The van der Waals surface area contributed by atoms with Gasteiger partial charge < -0.3 is 15.0 Å². The number of nitrogens with zero attached hydrogens (tertiary/aromatic N) is 2. The lowest BCUT2D eigenvalue weighted by Crippen LogP contribution is -2.40. The van der Waals surface area contributed by atoms with Crippen LogP contribution in [0.3, 0.4) is 0 Å². The van der Waals surface area contributed by atoms with Crippen LogP contribution in [-0.4, -0.2) is 58.0 Å². The van der Waals surface area contributed by atoms with Gasteiger partial charge in [-0.05, 0) is 49.1 Å². The van der Waals surface area contributed by atoms with Gasteiger partial charge in [0.2, 0.25) is 15.9 Å². The van der Waals surface area contributed by atoms with Crippen LogP contribution in [-0.2, 0) is 26.0 Å². The topological polar surface area (TPSA) is 79.0 Å². The van der Waals surface area contributed by atoms with E-state index in [9.17, 15) is 22.0 Å². The SMILES string of the molecule is O=C(CCc1ccc(S(=O)(=O)N2CCOCC2)cc1)Nc1cc(F)c(N2CCCC2)c(F)c1. The summed E-state index contributed by atoms with van der Waals surface area (Å²) >= 11 is 0. The lowest BCUT2D eigenvalue weighted by atomic mass is 10.1. The Morgan fingerprint density at radius 2 is 1.58 bits per heavy atom. The number of aryl methyl sites for hydroxylation is 1. The Balaban J connectivity index is 1.33. The number of carbonyl (C=O) groups excluding carboxylic acids is 1. The molecule has 2 heterocycles. The van der Waals surface area contributed by atoms with Crippen molar-refractivity contribution in [1.29, 1.82) is 0 Å². The first kappa shape index (κ1) is 23.6. The largest absolute Gasteiger partial charge is 0.379 e. The highest BCUT2D eigenvalue weighted by molar-refractivity contribution is 7.89. The van der Waals surface area contributed by atoms with Crippen LogP contribution < -0.4 is 10.2 Å². The molecule has 1 N–H and O–H groups in total. The maximum absolute atomic E-state index is 14.4. The first-order chi connectivity index (χ1) is 15.8. The molecule has 2 aliphatic heterocycles. The summed E-state index contributed by atoms with van der Waals surface area (Å²) in [6.45, 7) is 2.63. The van der Waals surface area contributed by atoms with E-state index in [0.29, 0.717) is 45.8 Å². The highest BCUT2D eigenvalue weighted by atomic mass is 32.2. The predicted octanol–water partition coefficient (Wildman–Crippen LogP) is 3.16. The van der Waals surface area contributed by atoms with Crippen molar-refractivity contribution in [3.63, 3.8) is 0 Å². The number of halogens is 2. The Morgan fingerprint density at radius 1 is 0.970 bits per heavy atom. The van der Waals surface area contributed by atoms with E-state index < -0.39 is 21.7 Å². The van der Waals surface area contributed by atoms with E-state index in [1.54, 1.807) is 17.0 Å². The van der Waals surface area contributed by atoms with Crippen LogP contribution in [0, 0.1) is 11.6 Å². The van der Waals surface area contributed by atoms with Gasteiger partial charge in [-0.2, -0.15) is 4.31 Å². The van der Waals surface area contributed by atoms with Gasteiger partial charge in [0, 0.05) is 38.3 Å². The Morgan fingerprint density at radius 3 is 2.18 bits per heavy atom. The maximum atomic E-state index is 14.4. The number of sulfonamides is 1. The summed E-state index contributed by atoms with van der Waals surface area (Å²) in [6, 6.07) is 8.68. The normalized spacial score (nSPS) is 17.3. The molecule has 0 radical (unpaired) electrons. The van der Waals surface area contributed by atoms with E-state index in [1.807, 2.05) is 0 Å². The number of anilines is 2. The minimum Gasteiger partial charge on any atom is -0.379 e. The molecule has 2 fully saturated rings. The summed E-state index contributed by atoms with van der Waals surface area (Å²) in [5, 5.41) is 2.54. The number of benzene rings is 2. The molecular formula is C23H27F2N3O4S. The van der Waals surface area contributed by atoms with Crippen LogP contribution in [0.5, 0.6) is 0 Å². The smallest absolute Gasteiger partial charge is 0.243 e. The summed E-state index contributed by atoms with van der Waals surface area (Å²) < 4.78 is 60.8. The van der Waals surface area contributed by atoms with Crippen LogP contribution in [0.4, 0.5) is 20.2 Å². The Bertz CT molecular complexity index is 1070. The van der Waals surface area contributed by atoms with Gasteiger partial charge in [-0.25, -0.2) is 17.2 Å². The summed E-state index contributed by atoms with van der Waals surface area (Å²) in [6.07, 6.45) is 2.25. The molecule has 0 bridgehead atoms. The summed E-state index contributed by atoms with van der Waals surface area (Å²) in [5.74, 6) is -1.76. The Kier molecular flexibility index (Phi) is 7.26. The number of morpholine rings is 1. The van der Waals surface area contributed by atoms with Crippen molar-refractivity contribution in [2.75, 3.05) is 49.6 Å². The highest BCUT2D eigenvalue weighted by Crippen LogP contribution is 2.29. The van der Waals surface area contributed by atoms with Gasteiger partial charge in [0.05, 0.1) is 18.1 Å². The van der Waals surface area contributed by atoms with Gasteiger partial charge in [-0.1, -0.05) is 12.1 Å². The Labute approximate surface area is 192 Å². The van der Waals surface area contributed by atoms with Crippen molar-refractivity contribution in [3.05, 3.63) is 53.6 Å². The monoisotopic (exact) mass is 479 g/mol. The molecule has 1 amide bonds. The van der Waals surface area contributed by atoms with E-state index in [1.165, 1.54) is 16.4 Å². The van der Waals surface area contributed by atoms with Crippen molar-refractivity contribution < 1.29 is 26.7 Å². The molecule has 0 unspecified atom stereocenters. The minimum absolute atomic E-state index is 0.0439. The molecule has 0 saturated carbocycles. The average Bonchev–Trinajstić information content (AvgIpc) is 3.32. The van der Waals surface area contributed by atoms with Crippen LogP contribution in [0.2, 0.25) is 0 Å². The van der Waals surface area contributed by atoms with Crippen molar-refractivity contribution in [1.82, 2.24) is 4.31 Å². The van der Waals surface area contributed by atoms with E-state index in [4.69, 9.17) is 4.74 Å². The fraction of sp³-hybridized carbons (Fsp3) is 0.435. The molecule has 178 valence electrons. The van der Waals surface area contributed by atoms with Crippen LogP contribution in [0.25, 0.3) is 0 Å². The molecule has 4 rings (SSSR count). The second-order valence-electron chi connectivity index (χ2n) is 8.19. The molecule has 2 aliphatic rings. The van der Waals surface area contributed by atoms with Gasteiger partial charge in [0.25, 0.3) is 0 Å². The molecule has 2 aromatic carbocycles. The number of hydrogen-bond acceptors (Lipinski definition) is 5. The third kappa shape index (κ3) is 5.51. The molecule has 2 aromatic rings. The molecule has 0 aliphatic carbocycles. The lowest BCUT2D eigenvalue weighted by Gasteiger charge is -2.26. The quantitative estimate of drug-likeness (QED) is 0.660. The van der Waals surface area contributed by atoms with Gasteiger partial charge in [0.15, 0.2) is 11.6 Å². The highest BCUT2D eigenvalue weighted by Gasteiger charge is 2.26.